The van der Waals surface area contributed by atoms with Crippen LogP contribution in [0.25, 0.3) is 6.08 Å². The monoisotopic (exact) mass is 288 g/mol. The van der Waals surface area contributed by atoms with Gasteiger partial charge in [-0.3, -0.25) is 0 Å². The van der Waals surface area contributed by atoms with Crippen molar-refractivity contribution in [2.24, 2.45) is 0 Å². The molecule has 2 nitrogen and oxygen atoms in total. The first-order valence-corrected chi connectivity index (χ1v) is 8.46. The lowest BCUT2D eigenvalue weighted by Crippen LogP contribution is -1.92. The van der Waals surface area contributed by atoms with E-state index in [2.05, 4.69) is 25.1 Å². The second-order valence-corrected chi connectivity index (χ2v) is 5.78. The molecular weight excluding hydrogens is 260 g/mol. The van der Waals surface area contributed by atoms with Crippen LogP contribution in [-0.4, -0.2) is 6.79 Å². The van der Waals surface area contributed by atoms with Gasteiger partial charge < -0.3 is 9.47 Å². The van der Waals surface area contributed by atoms with Gasteiger partial charge in [0.2, 0.25) is 6.79 Å². The highest BCUT2D eigenvalue weighted by molar-refractivity contribution is 5.56. The van der Waals surface area contributed by atoms with Gasteiger partial charge in [-0.25, -0.2) is 0 Å². The summed E-state index contributed by atoms with van der Waals surface area (Å²) in [5.74, 6) is 1.72. The first-order chi connectivity index (χ1) is 10.4. The number of rotatable bonds is 10. The van der Waals surface area contributed by atoms with Gasteiger partial charge in [-0.05, 0) is 30.5 Å². The van der Waals surface area contributed by atoms with Gasteiger partial charge in [0, 0.05) is 0 Å². The zero-order valence-corrected chi connectivity index (χ0v) is 13.3. The molecule has 2 heteroatoms. The average molecular weight is 288 g/mol. The van der Waals surface area contributed by atoms with E-state index in [1.165, 1.54) is 63.4 Å². The fourth-order valence-electron chi connectivity index (χ4n) is 2.63. The van der Waals surface area contributed by atoms with E-state index in [9.17, 15) is 0 Å². The summed E-state index contributed by atoms with van der Waals surface area (Å²) >= 11 is 0. The molecule has 0 aromatic heterocycles. The summed E-state index contributed by atoms with van der Waals surface area (Å²) in [6, 6.07) is 6.11. The maximum Gasteiger partial charge on any atom is 0.231 e. The topological polar surface area (TPSA) is 18.5 Å². The highest BCUT2D eigenvalue weighted by Crippen LogP contribution is 2.32. The standard InChI is InChI=1S/C19H28O2/c1-2-3-4-5-6-7-8-9-10-11-12-17-13-14-18-19(15-17)21-16-20-18/h11-15H,2-10,16H2,1H3/b12-11+. The molecule has 0 radical (unpaired) electrons. The minimum Gasteiger partial charge on any atom is -0.454 e. The summed E-state index contributed by atoms with van der Waals surface area (Å²) < 4.78 is 10.7. The predicted octanol–water partition coefficient (Wildman–Crippen LogP) is 5.96. The van der Waals surface area contributed by atoms with Crippen molar-refractivity contribution >= 4 is 6.08 Å². The average Bonchev–Trinajstić information content (AvgIpc) is 2.97. The lowest BCUT2D eigenvalue weighted by molar-refractivity contribution is 0.174. The van der Waals surface area contributed by atoms with E-state index >= 15 is 0 Å². The van der Waals surface area contributed by atoms with Crippen molar-refractivity contribution in [1.29, 1.82) is 0 Å². The number of benzene rings is 1. The Morgan fingerprint density at radius 1 is 0.905 bits per heavy atom. The van der Waals surface area contributed by atoms with Crippen molar-refractivity contribution in [3.63, 3.8) is 0 Å². The van der Waals surface area contributed by atoms with Crippen LogP contribution in [0, 0.1) is 0 Å². The molecule has 1 aromatic carbocycles. The number of hydrogen-bond donors (Lipinski definition) is 0. The molecule has 0 spiro atoms. The molecule has 21 heavy (non-hydrogen) atoms. The molecule has 0 saturated heterocycles. The molecule has 0 N–H and O–H groups in total. The highest BCUT2D eigenvalue weighted by Gasteiger charge is 2.11. The van der Waals surface area contributed by atoms with E-state index in [1.807, 2.05) is 12.1 Å². The Bertz CT molecular complexity index is 437. The summed E-state index contributed by atoms with van der Waals surface area (Å²) in [5, 5.41) is 0. The van der Waals surface area contributed by atoms with Crippen LogP contribution in [0.5, 0.6) is 11.5 Å². The Hall–Kier alpha value is -1.44. The zero-order chi connectivity index (χ0) is 14.8. The van der Waals surface area contributed by atoms with Crippen molar-refractivity contribution in [1.82, 2.24) is 0 Å². The predicted molar refractivity (Wildman–Crippen MR) is 88.8 cm³/mol. The highest BCUT2D eigenvalue weighted by atomic mass is 16.7. The van der Waals surface area contributed by atoms with Gasteiger partial charge in [0.05, 0.1) is 0 Å². The number of fused-ring (bicyclic) bond motifs is 1. The molecule has 0 atom stereocenters. The SMILES string of the molecule is CCCCCCCCCC/C=C/c1ccc2c(c1)OCO2. The third kappa shape index (κ3) is 5.82. The molecule has 2 rings (SSSR count). The van der Waals surface area contributed by atoms with E-state index in [-0.39, 0.29) is 0 Å². The van der Waals surface area contributed by atoms with E-state index in [4.69, 9.17) is 9.47 Å². The molecule has 0 aliphatic carbocycles. The van der Waals surface area contributed by atoms with Crippen LogP contribution in [-0.2, 0) is 0 Å². The summed E-state index contributed by atoms with van der Waals surface area (Å²) in [6.07, 6.45) is 16.7. The van der Waals surface area contributed by atoms with Crippen molar-refractivity contribution < 1.29 is 9.47 Å². The summed E-state index contributed by atoms with van der Waals surface area (Å²) in [4.78, 5) is 0. The van der Waals surface area contributed by atoms with Crippen LogP contribution in [0.2, 0.25) is 0 Å². The van der Waals surface area contributed by atoms with Crippen LogP contribution in [0.3, 0.4) is 0 Å². The molecule has 0 unspecified atom stereocenters. The quantitative estimate of drug-likeness (QED) is 0.494. The Morgan fingerprint density at radius 3 is 2.43 bits per heavy atom. The Kier molecular flexibility index (Phi) is 7.20. The molecule has 1 aliphatic heterocycles. The first-order valence-electron chi connectivity index (χ1n) is 8.46. The number of allylic oxidation sites excluding steroid dienone is 1. The van der Waals surface area contributed by atoms with Gasteiger partial charge in [0.25, 0.3) is 0 Å². The van der Waals surface area contributed by atoms with Crippen LogP contribution >= 0.6 is 0 Å². The van der Waals surface area contributed by atoms with E-state index in [0.29, 0.717) is 6.79 Å². The smallest absolute Gasteiger partial charge is 0.231 e. The van der Waals surface area contributed by atoms with Gasteiger partial charge in [0.1, 0.15) is 0 Å². The van der Waals surface area contributed by atoms with Crippen molar-refractivity contribution in [2.75, 3.05) is 6.79 Å². The Morgan fingerprint density at radius 2 is 1.62 bits per heavy atom. The zero-order valence-electron chi connectivity index (χ0n) is 13.3. The van der Waals surface area contributed by atoms with E-state index in [0.717, 1.165) is 11.5 Å². The lowest BCUT2D eigenvalue weighted by Gasteiger charge is -2.00. The molecule has 116 valence electrons. The van der Waals surface area contributed by atoms with Gasteiger partial charge >= 0.3 is 0 Å². The summed E-state index contributed by atoms with van der Waals surface area (Å²) in [5.41, 5.74) is 1.19. The normalized spacial score (nSPS) is 13.2. The molecule has 0 saturated carbocycles. The second kappa shape index (κ2) is 9.49. The van der Waals surface area contributed by atoms with Crippen LogP contribution < -0.4 is 9.47 Å². The fraction of sp³-hybridized carbons (Fsp3) is 0.579. The van der Waals surface area contributed by atoms with Crippen LogP contribution in [0.1, 0.15) is 70.3 Å². The Balaban J connectivity index is 1.54. The van der Waals surface area contributed by atoms with Crippen LogP contribution in [0.4, 0.5) is 0 Å². The largest absolute Gasteiger partial charge is 0.454 e. The number of ether oxygens (including phenoxy) is 2. The number of unbranched alkanes of at least 4 members (excludes halogenated alkanes) is 8. The van der Waals surface area contributed by atoms with Crippen molar-refractivity contribution in [3.8, 4) is 11.5 Å². The van der Waals surface area contributed by atoms with Gasteiger partial charge in [-0.15, -0.1) is 0 Å². The van der Waals surface area contributed by atoms with E-state index < -0.39 is 0 Å². The minimum absolute atomic E-state index is 0.348. The molecule has 0 bridgehead atoms. The van der Waals surface area contributed by atoms with Gasteiger partial charge in [-0.1, -0.05) is 70.1 Å². The third-order valence-corrected chi connectivity index (χ3v) is 3.93. The molecule has 0 amide bonds. The molecule has 0 fully saturated rings. The minimum atomic E-state index is 0.348. The second-order valence-electron chi connectivity index (χ2n) is 5.78. The molecule has 1 aromatic rings. The maximum atomic E-state index is 5.38. The van der Waals surface area contributed by atoms with Crippen LogP contribution in [0.15, 0.2) is 24.3 Å². The fourth-order valence-corrected chi connectivity index (χ4v) is 2.63. The molecule has 1 heterocycles. The van der Waals surface area contributed by atoms with E-state index in [1.54, 1.807) is 0 Å². The third-order valence-electron chi connectivity index (χ3n) is 3.93. The lowest BCUT2D eigenvalue weighted by atomic mass is 10.1. The molecule has 1 aliphatic rings. The van der Waals surface area contributed by atoms with Gasteiger partial charge in [0.15, 0.2) is 11.5 Å². The van der Waals surface area contributed by atoms with Gasteiger partial charge in [-0.2, -0.15) is 0 Å². The van der Waals surface area contributed by atoms with Crippen molar-refractivity contribution in [2.45, 2.75) is 64.7 Å². The Labute approximate surface area is 129 Å². The summed E-state index contributed by atoms with van der Waals surface area (Å²) in [6.45, 7) is 2.62. The summed E-state index contributed by atoms with van der Waals surface area (Å²) in [7, 11) is 0. The maximum absolute atomic E-state index is 5.38. The number of hydrogen-bond acceptors (Lipinski definition) is 2. The first kappa shape index (κ1) is 15.9. The van der Waals surface area contributed by atoms with Crippen molar-refractivity contribution in [3.05, 3.63) is 29.8 Å². The molecular formula is C19H28O2.